The van der Waals surface area contributed by atoms with E-state index in [0.717, 1.165) is 18.8 Å². The standard InChI is InChI=1S/C19H22N2O/c1-2-4-14(5-3-1)13-22-17-8-6-15(7-9-17)18-10-19(18)21-16-11-20-12-16/h1-9,16,18-21H,10-13H2/t18?,19-/m0/s1. The normalized spacial score (nSPS) is 23.8. The van der Waals surface area contributed by atoms with Gasteiger partial charge in [0.25, 0.3) is 0 Å². The Kier molecular flexibility index (Phi) is 3.83. The average molecular weight is 294 g/mol. The molecule has 2 atom stereocenters. The molecular formula is C19H22N2O. The van der Waals surface area contributed by atoms with Gasteiger partial charge in [0, 0.05) is 31.1 Å². The minimum absolute atomic E-state index is 0.627. The van der Waals surface area contributed by atoms with Gasteiger partial charge in [-0.05, 0) is 29.7 Å². The minimum Gasteiger partial charge on any atom is -0.489 e. The number of benzene rings is 2. The molecule has 2 aromatic rings. The van der Waals surface area contributed by atoms with Crippen molar-refractivity contribution in [3.63, 3.8) is 0 Å². The summed E-state index contributed by atoms with van der Waals surface area (Å²) in [5.41, 5.74) is 2.63. The van der Waals surface area contributed by atoms with Crippen LogP contribution in [0.15, 0.2) is 54.6 Å². The van der Waals surface area contributed by atoms with Crippen molar-refractivity contribution >= 4 is 0 Å². The number of rotatable bonds is 6. The lowest BCUT2D eigenvalue weighted by atomic mass is 10.1. The van der Waals surface area contributed by atoms with E-state index in [4.69, 9.17) is 4.74 Å². The Labute approximate surface area is 131 Å². The topological polar surface area (TPSA) is 33.3 Å². The number of ether oxygens (including phenoxy) is 1. The van der Waals surface area contributed by atoms with E-state index in [1.165, 1.54) is 17.5 Å². The van der Waals surface area contributed by atoms with Gasteiger partial charge in [-0.3, -0.25) is 0 Å². The molecule has 114 valence electrons. The molecule has 1 heterocycles. The maximum absolute atomic E-state index is 5.84. The zero-order valence-corrected chi connectivity index (χ0v) is 12.7. The van der Waals surface area contributed by atoms with Crippen molar-refractivity contribution in [1.82, 2.24) is 10.6 Å². The first-order valence-corrected chi connectivity index (χ1v) is 8.12. The Balaban J connectivity index is 1.29. The van der Waals surface area contributed by atoms with E-state index in [0.29, 0.717) is 24.6 Å². The highest BCUT2D eigenvalue weighted by Crippen LogP contribution is 2.41. The molecular weight excluding hydrogens is 272 g/mol. The van der Waals surface area contributed by atoms with E-state index in [1.54, 1.807) is 0 Å². The summed E-state index contributed by atoms with van der Waals surface area (Å²) in [5.74, 6) is 1.63. The van der Waals surface area contributed by atoms with E-state index in [2.05, 4.69) is 47.0 Å². The largest absolute Gasteiger partial charge is 0.489 e. The molecule has 0 spiro atoms. The molecule has 3 heteroatoms. The van der Waals surface area contributed by atoms with Gasteiger partial charge >= 0.3 is 0 Å². The first-order chi connectivity index (χ1) is 10.9. The fourth-order valence-corrected chi connectivity index (χ4v) is 3.01. The van der Waals surface area contributed by atoms with Crippen LogP contribution in [0, 0.1) is 0 Å². The lowest BCUT2D eigenvalue weighted by molar-refractivity contribution is 0.306. The van der Waals surface area contributed by atoms with E-state index in [1.807, 2.05) is 18.2 Å². The van der Waals surface area contributed by atoms with Crippen LogP contribution in [-0.2, 0) is 6.61 Å². The van der Waals surface area contributed by atoms with Gasteiger partial charge in [-0.25, -0.2) is 0 Å². The van der Waals surface area contributed by atoms with Crippen LogP contribution < -0.4 is 15.4 Å². The second kappa shape index (κ2) is 6.11. The summed E-state index contributed by atoms with van der Waals surface area (Å²) >= 11 is 0. The zero-order valence-electron chi connectivity index (χ0n) is 12.7. The first kappa shape index (κ1) is 13.8. The Morgan fingerprint density at radius 3 is 2.45 bits per heavy atom. The molecule has 0 aromatic heterocycles. The highest BCUT2D eigenvalue weighted by atomic mass is 16.5. The summed E-state index contributed by atoms with van der Waals surface area (Å²) in [6.45, 7) is 2.87. The van der Waals surface area contributed by atoms with Crippen LogP contribution in [0.25, 0.3) is 0 Å². The van der Waals surface area contributed by atoms with Gasteiger partial charge in [-0.2, -0.15) is 0 Å². The molecule has 0 amide bonds. The second-order valence-corrected chi connectivity index (χ2v) is 6.31. The van der Waals surface area contributed by atoms with Crippen molar-refractivity contribution in [2.45, 2.75) is 31.0 Å². The molecule has 0 bridgehead atoms. The van der Waals surface area contributed by atoms with Crippen LogP contribution in [-0.4, -0.2) is 25.2 Å². The van der Waals surface area contributed by atoms with E-state index in [9.17, 15) is 0 Å². The maximum atomic E-state index is 5.84. The average Bonchev–Trinajstić information content (AvgIpc) is 3.30. The molecule has 1 saturated carbocycles. The van der Waals surface area contributed by atoms with Gasteiger partial charge in [0.2, 0.25) is 0 Å². The van der Waals surface area contributed by atoms with Gasteiger partial charge in [-0.15, -0.1) is 0 Å². The van der Waals surface area contributed by atoms with Crippen LogP contribution >= 0.6 is 0 Å². The predicted molar refractivity (Wildman–Crippen MR) is 88.2 cm³/mol. The second-order valence-electron chi connectivity index (χ2n) is 6.31. The third-order valence-corrected chi connectivity index (χ3v) is 4.58. The molecule has 1 aliphatic heterocycles. The summed E-state index contributed by atoms with van der Waals surface area (Å²) in [5, 5.41) is 7.01. The van der Waals surface area contributed by atoms with Crippen molar-refractivity contribution < 1.29 is 4.74 Å². The fourth-order valence-electron chi connectivity index (χ4n) is 3.01. The van der Waals surface area contributed by atoms with Gasteiger partial charge in [0.15, 0.2) is 0 Å². The molecule has 3 nitrogen and oxygen atoms in total. The van der Waals surface area contributed by atoms with Gasteiger partial charge in [0.1, 0.15) is 12.4 Å². The first-order valence-electron chi connectivity index (χ1n) is 8.12. The molecule has 0 radical (unpaired) electrons. The van der Waals surface area contributed by atoms with E-state index >= 15 is 0 Å². The van der Waals surface area contributed by atoms with Crippen molar-refractivity contribution in [2.75, 3.05) is 13.1 Å². The fraction of sp³-hybridized carbons (Fsp3) is 0.368. The number of hydrogen-bond acceptors (Lipinski definition) is 3. The molecule has 2 fully saturated rings. The third kappa shape index (κ3) is 3.16. The lowest BCUT2D eigenvalue weighted by Gasteiger charge is -2.28. The van der Waals surface area contributed by atoms with Gasteiger partial charge < -0.3 is 15.4 Å². The molecule has 1 saturated heterocycles. The lowest BCUT2D eigenvalue weighted by Crippen LogP contribution is -2.56. The quantitative estimate of drug-likeness (QED) is 0.859. The maximum Gasteiger partial charge on any atom is 0.119 e. The van der Waals surface area contributed by atoms with Crippen molar-refractivity contribution in [3.8, 4) is 5.75 Å². The number of hydrogen-bond donors (Lipinski definition) is 2. The predicted octanol–water partition coefficient (Wildman–Crippen LogP) is 2.68. The monoisotopic (exact) mass is 294 g/mol. The highest BCUT2D eigenvalue weighted by molar-refractivity contribution is 5.34. The smallest absolute Gasteiger partial charge is 0.119 e. The van der Waals surface area contributed by atoms with E-state index < -0.39 is 0 Å². The summed E-state index contributed by atoms with van der Waals surface area (Å²) in [6.07, 6.45) is 1.26. The molecule has 1 unspecified atom stereocenters. The van der Waals surface area contributed by atoms with Crippen LogP contribution in [0.5, 0.6) is 5.75 Å². The number of nitrogens with one attached hydrogen (secondary N) is 2. The SMILES string of the molecule is c1ccc(COc2ccc(C3C[C@@H]3NC3CNC3)cc2)cc1. The minimum atomic E-state index is 0.627. The molecule has 22 heavy (non-hydrogen) atoms. The molecule has 2 aromatic carbocycles. The highest BCUT2D eigenvalue weighted by Gasteiger charge is 2.40. The van der Waals surface area contributed by atoms with Gasteiger partial charge in [-0.1, -0.05) is 42.5 Å². The van der Waals surface area contributed by atoms with Crippen molar-refractivity contribution in [2.24, 2.45) is 0 Å². The van der Waals surface area contributed by atoms with Crippen LogP contribution in [0.4, 0.5) is 0 Å². The van der Waals surface area contributed by atoms with Crippen LogP contribution in [0.1, 0.15) is 23.5 Å². The third-order valence-electron chi connectivity index (χ3n) is 4.58. The summed E-state index contributed by atoms with van der Waals surface area (Å²) < 4.78 is 5.84. The molecule has 1 aliphatic carbocycles. The summed E-state index contributed by atoms with van der Waals surface area (Å²) in [7, 11) is 0. The molecule has 4 rings (SSSR count). The van der Waals surface area contributed by atoms with Gasteiger partial charge in [0.05, 0.1) is 0 Å². The Hall–Kier alpha value is -1.84. The summed E-state index contributed by atoms with van der Waals surface area (Å²) in [4.78, 5) is 0. The van der Waals surface area contributed by atoms with E-state index in [-0.39, 0.29) is 0 Å². The Morgan fingerprint density at radius 1 is 1.00 bits per heavy atom. The summed E-state index contributed by atoms with van der Waals surface area (Å²) in [6, 6.07) is 20.3. The zero-order chi connectivity index (χ0) is 14.8. The van der Waals surface area contributed by atoms with Crippen LogP contribution in [0.2, 0.25) is 0 Å². The Bertz CT molecular complexity index is 607. The molecule has 2 aliphatic rings. The molecule has 2 N–H and O–H groups in total. The Morgan fingerprint density at radius 2 is 1.77 bits per heavy atom. The van der Waals surface area contributed by atoms with Crippen LogP contribution in [0.3, 0.4) is 0 Å². The van der Waals surface area contributed by atoms with Crippen molar-refractivity contribution in [1.29, 1.82) is 0 Å². The van der Waals surface area contributed by atoms with Crippen molar-refractivity contribution in [3.05, 3.63) is 65.7 Å².